The number of hydrogen-bond acceptors (Lipinski definition) is 3. The predicted octanol–water partition coefficient (Wildman–Crippen LogP) is 23.9. The molecule has 0 radical (unpaired) electrons. The third-order valence-corrected chi connectivity index (χ3v) is 15.0. The van der Waals surface area contributed by atoms with Crippen molar-refractivity contribution >= 4 is 5.91 Å². The summed E-state index contributed by atoms with van der Waals surface area (Å²) in [5.74, 6) is -0.0878. The first-order chi connectivity index (χ1) is 40.2. The van der Waals surface area contributed by atoms with Gasteiger partial charge >= 0.3 is 0 Å². The first kappa shape index (κ1) is 77.3. The minimum atomic E-state index is -0.885. The highest BCUT2D eigenvalue weighted by Gasteiger charge is 2.18. The highest BCUT2D eigenvalue weighted by Crippen LogP contribution is 2.17. The normalized spacial score (nSPS) is 13.7. The Bertz CT molecular complexity index is 1650. The van der Waals surface area contributed by atoms with Crippen molar-refractivity contribution < 1.29 is 15.0 Å². The minimum absolute atomic E-state index is 0.0878. The van der Waals surface area contributed by atoms with Crippen molar-refractivity contribution in [3.8, 4) is 0 Å². The van der Waals surface area contributed by atoms with Crippen molar-refractivity contribution in [2.45, 2.75) is 328 Å². The lowest BCUT2D eigenvalue weighted by Crippen LogP contribution is -2.45. The zero-order valence-corrected chi connectivity index (χ0v) is 53.3. The second-order valence-electron chi connectivity index (χ2n) is 22.8. The lowest BCUT2D eigenvalue weighted by atomic mass is 10.0. The predicted molar refractivity (Wildman–Crippen MR) is 363 cm³/mol. The Kier molecular flexibility index (Phi) is 67.3. The van der Waals surface area contributed by atoms with Gasteiger partial charge in [0.1, 0.15) is 0 Å². The maximum absolute atomic E-state index is 12.5. The Hall–Kier alpha value is -3.73. The maximum Gasteiger partial charge on any atom is 0.220 e. The molecule has 462 valence electrons. The zero-order chi connectivity index (χ0) is 58.4. The molecule has 0 aromatic heterocycles. The summed E-state index contributed by atoms with van der Waals surface area (Å²) in [7, 11) is 0. The van der Waals surface area contributed by atoms with Gasteiger partial charge in [-0.2, -0.15) is 0 Å². The largest absolute Gasteiger partial charge is 0.394 e. The van der Waals surface area contributed by atoms with Crippen LogP contribution in [0.15, 0.2) is 146 Å². The molecule has 0 aliphatic carbocycles. The zero-order valence-electron chi connectivity index (χ0n) is 53.3. The van der Waals surface area contributed by atoms with Gasteiger partial charge in [0.05, 0.1) is 18.8 Å². The molecule has 4 nitrogen and oxygen atoms in total. The SMILES string of the molecule is CC/C=C\C/C=C\C/C=C\C/C=C\C/C=C\C/C=C\C/C=C\C/C=C\C/C=C\CCCCCCCCCCCC(=O)NC(CO)C(O)/C=C/CC/C=C/CC/C=C/CCCCCCCCCCCCCCCCCCCCCCCC. The Morgan fingerprint density at radius 3 is 0.864 bits per heavy atom. The summed E-state index contributed by atoms with van der Waals surface area (Å²) in [5, 5.41) is 23.2. The molecule has 0 aromatic rings. The van der Waals surface area contributed by atoms with Gasteiger partial charge in [-0.3, -0.25) is 4.79 Å². The van der Waals surface area contributed by atoms with Crippen molar-refractivity contribution in [2.24, 2.45) is 0 Å². The van der Waals surface area contributed by atoms with Gasteiger partial charge in [0.2, 0.25) is 5.91 Å². The average Bonchev–Trinajstić information content (AvgIpc) is 3.47. The number of nitrogens with one attached hydrogen (secondary N) is 1. The van der Waals surface area contributed by atoms with Crippen LogP contribution in [0, 0.1) is 0 Å². The molecule has 4 heteroatoms. The van der Waals surface area contributed by atoms with Crippen molar-refractivity contribution in [3.05, 3.63) is 146 Å². The van der Waals surface area contributed by atoms with E-state index >= 15 is 0 Å². The molecule has 0 aliphatic rings. The average molecular weight is 1120 g/mol. The lowest BCUT2D eigenvalue weighted by Gasteiger charge is -2.19. The van der Waals surface area contributed by atoms with Crippen LogP contribution in [0.2, 0.25) is 0 Å². The molecule has 0 aromatic carbocycles. The topological polar surface area (TPSA) is 69.6 Å². The number of carbonyl (C=O) groups excluding carboxylic acids is 1. The number of rotatable bonds is 62. The van der Waals surface area contributed by atoms with Gasteiger partial charge in [0.15, 0.2) is 0 Å². The molecule has 0 bridgehead atoms. The van der Waals surface area contributed by atoms with E-state index < -0.39 is 12.1 Å². The van der Waals surface area contributed by atoms with Crippen LogP contribution in [0.1, 0.15) is 316 Å². The smallest absolute Gasteiger partial charge is 0.220 e. The Labute approximate surface area is 503 Å². The molecule has 0 spiro atoms. The number of aliphatic hydroxyl groups is 2. The van der Waals surface area contributed by atoms with Crippen molar-refractivity contribution in [3.63, 3.8) is 0 Å². The van der Waals surface area contributed by atoms with E-state index in [1.165, 1.54) is 193 Å². The van der Waals surface area contributed by atoms with E-state index in [0.717, 1.165) is 103 Å². The number of carbonyl (C=O) groups is 1. The molecule has 0 aliphatic heterocycles. The van der Waals surface area contributed by atoms with Gasteiger partial charge in [0, 0.05) is 6.42 Å². The molecular formula is C77H131NO3. The summed E-state index contributed by atoms with van der Waals surface area (Å²) in [6.07, 6.45) is 111. The Morgan fingerprint density at radius 1 is 0.309 bits per heavy atom. The monoisotopic (exact) mass is 1120 g/mol. The second kappa shape index (κ2) is 70.5. The van der Waals surface area contributed by atoms with E-state index in [0.29, 0.717) is 6.42 Å². The van der Waals surface area contributed by atoms with Crippen molar-refractivity contribution in [1.82, 2.24) is 5.32 Å². The van der Waals surface area contributed by atoms with Gasteiger partial charge in [-0.1, -0.05) is 339 Å². The number of allylic oxidation sites excluding steroid dienone is 23. The maximum atomic E-state index is 12.5. The number of amides is 1. The molecule has 3 N–H and O–H groups in total. The summed E-state index contributed by atoms with van der Waals surface area (Å²) < 4.78 is 0. The molecule has 1 amide bonds. The van der Waals surface area contributed by atoms with Crippen LogP contribution < -0.4 is 5.32 Å². The lowest BCUT2D eigenvalue weighted by molar-refractivity contribution is -0.123. The van der Waals surface area contributed by atoms with Gasteiger partial charge in [0.25, 0.3) is 0 Å². The highest BCUT2D eigenvalue weighted by molar-refractivity contribution is 5.76. The van der Waals surface area contributed by atoms with E-state index in [-0.39, 0.29) is 12.5 Å². The molecule has 2 unspecified atom stereocenters. The van der Waals surface area contributed by atoms with E-state index in [1.54, 1.807) is 6.08 Å². The fourth-order valence-corrected chi connectivity index (χ4v) is 9.85. The summed E-state index contributed by atoms with van der Waals surface area (Å²) in [6, 6.07) is -0.662. The van der Waals surface area contributed by atoms with E-state index in [4.69, 9.17) is 0 Å². The van der Waals surface area contributed by atoms with Crippen molar-refractivity contribution in [2.75, 3.05) is 6.61 Å². The summed E-state index contributed by atoms with van der Waals surface area (Å²) >= 11 is 0. The highest BCUT2D eigenvalue weighted by atomic mass is 16.3. The Balaban J connectivity index is 3.61. The van der Waals surface area contributed by atoms with E-state index in [1.807, 2.05) is 6.08 Å². The summed E-state index contributed by atoms with van der Waals surface area (Å²) in [6.45, 7) is 4.19. The minimum Gasteiger partial charge on any atom is -0.394 e. The molecule has 2 atom stereocenters. The number of unbranched alkanes of at least 4 members (excludes halogenated alkanes) is 33. The fourth-order valence-electron chi connectivity index (χ4n) is 9.85. The third-order valence-electron chi connectivity index (χ3n) is 15.0. The van der Waals surface area contributed by atoms with Gasteiger partial charge < -0.3 is 15.5 Å². The first-order valence-corrected chi connectivity index (χ1v) is 34.5. The number of hydrogen-bond donors (Lipinski definition) is 3. The van der Waals surface area contributed by atoms with Crippen LogP contribution in [0.3, 0.4) is 0 Å². The first-order valence-electron chi connectivity index (χ1n) is 34.5. The molecule has 0 saturated heterocycles. The standard InChI is InChI=1S/C77H131NO3/c1-3-5-7-9-11-13-15-17-19-21-23-25-27-29-31-33-35-37-38-39-40-41-43-45-47-49-51-53-55-57-59-61-63-65-67-69-71-73-77(81)78-75(74-79)76(80)72-70-68-66-64-62-60-58-56-54-52-50-48-46-44-42-36-34-32-30-28-26-24-22-20-18-16-14-12-10-8-6-4-2/h5,7,11,13,17,19,23,25,29,31,35,37,39-40,43,45,49,51,54,56,62,64,70,72,75-76,79-80H,3-4,6,8-10,12,14-16,18,20-22,24,26-28,30,32-34,36,38,41-42,44,46-48,50,52-53,55,57-61,63,65-69,71,73-74H2,1-2H3,(H,78,81)/b7-5-,13-11-,19-17-,25-23-,31-29-,37-35-,40-39-,45-43-,51-49-,56-54+,64-62+,72-70+. The molecule has 81 heavy (non-hydrogen) atoms. The van der Waals surface area contributed by atoms with Crippen LogP contribution >= 0.6 is 0 Å². The molecule has 0 rings (SSSR count). The van der Waals surface area contributed by atoms with Crippen molar-refractivity contribution in [1.29, 1.82) is 0 Å². The van der Waals surface area contributed by atoms with Crippen LogP contribution in [-0.2, 0) is 4.79 Å². The van der Waals surface area contributed by atoms with Crippen LogP contribution in [0.25, 0.3) is 0 Å². The van der Waals surface area contributed by atoms with E-state index in [2.05, 4.69) is 153 Å². The third kappa shape index (κ3) is 67.0. The van der Waals surface area contributed by atoms with E-state index in [9.17, 15) is 15.0 Å². The molecule has 0 fully saturated rings. The summed E-state index contributed by atoms with van der Waals surface area (Å²) in [4.78, 5) is 12.5. The van der Waals surface area contributed by atoms with Crippen LogP contribution in [-0.4, -0.2) is 34.9 Å². The second-order valence-corrected chi connectivity index (χ2v) is 22.8. The van der Waals surface area contributed by atoms with Gasteiger partial charge in [-0.15, -0.1) is 0 Å². The van der Waals surface area contributed by atoms with Crippen LogP contribution in [0.5, 0.6) is 0 Å². The molecule has 0 saturated carbocycles. The summed E-state index contributed by atoms with van der Waals surface area (Å²) in [5.41, 5.74) is 0. The van der Waals surface area contributed by atoms with Gasteiger partial charge in [-0.05, 0) is 116 Å². The van der Waals surface area contributed by atoms with Gasteiger partial charge in [-0.25, -0.2) is 0 Å². The fraction of sp³-hybridized carbons (Fsp3) is 0.675. The number of aliphatic hydroxyl groups excluding tert-OH is 2. The molecule has 0 heterocycles. The Morgan fingerprint density at radius 2 is 0.556 bits per heavy atom. The molecular weight excluding hydrogens is 987 g/mol. The quantitative estimate of drug-likeness (QED) is 0.0420. The van der Waals surface area contributed by atoms with Crippen LogP contribution in [0.4, 0.5) is 0 Å².